The van der Waals surface area contributed by atoms with Gasteiger partial charge in [-0.1, -0.05) is 0 Å². The van der Waals surface area contributed by atoms with E-state index in [9.17, 15) is 0 Å². The van der Waals surface area contributed by atoms with Crippen LogP contribution in [-0.2, 0) is 6.42 Å². The molecule has 1 heteroatoms. The maximum absolute atomic E-state index is 9.02. The maximum Gasteiger partial charge on any atom is 0.0471 e. The van der Waals surface area contributed by atoms with E-state index in [-0.39, 0.29) is 6.61 Å². The molecule has 0 radical (unpaired) electrons. The van der Waals surface area contributed by atoms with Crippen molar-refractivity contribution < 1.29 is 5.11 Å². The number of hydrogen-bond acceptors (Lipinski definition) is 1. The number of aliphatic hydroxyl groups is 1. The van der Waals surface area contributed by atoms with Gasteiger partial charge < -0.3 is 5.11 Å². The molecule has 0 spiro atoms. The van der Waals surface area contributed by atoms with Crippen LogP contribution in [0.5, 0.6) is 0 Å². The average molecular weight is 192 g/mol. The van der Waals surface area contributed by atoms with Crippen LogP contribution in [0.1, 0.15) is 33.4 Å². The third kappa shape index (κ3) is 1.69. The highest BCUT2D eigenvalue weighted by molar-refractivity contribution is 5.49. The van der Waals surface area contributed by atoms with Crippen molar-refractivity contribution in [2.24, 2.45) is 0 Å². The van der Waals surface area contributed by atoms with E-state index in [1.165, 1.54) is 33.4 Å². The molecule has 0 saturated heterocycles. The van der Waals surface area contributed by atoms with Gasteiger partial charge in [0.15, 0.2) is 0 Å². The molecule has 78 valence electrons. The molecule has 1 aromatic rings. The van der Waals surface area contributed by atoms with E-state index in [0.29, 0.717) is 0 Å². The Labute approximate surface area is 86.8 Å². The Morgan fingerprint density at radius 1 is 0.714 bits per heavy atom. The summed E-state index contributed by atoms with van der Waals surface area (Å²) in [5.41, 5.74) is 8.15. The van der Waals surface area contributed by atoms with Crippen molar-refractivity contribution in [3.05, 3.63) is 33.4 Å². The van der Waals surface area contributed by atoms with Gasteiger partial charge in [-0.3, -0.25) is 0 Å². The molecule has 0 aromatic heterocycles. The highest BCUT2D eigenvalue weighted by Gasteiger charge is 2.10. The molecule has 0 unspecified atom stereocenters. The molecule has 0 aliphatic rings. The van der Waals surface area contributed by atoms with Crippen LogP contribution in [0.3, 0.4) is 0 Å². The Morgan fingerprint density at radius 2 is 1.07 bits per heavy atom. The van der Waals surface area contributed by atoms with Gasteiger partial charge >= 0.3 is 0 Å². The lowest BCUT2D eigenvalue weighted by atomic mass is 9.88. The number of hydrogen-bond donors (Lipinski definition) is 1. The van der Waals surface area contributed by atoms with Crippen molar-refractivity contribution in [2.45, 2.75) is 41.0 Å². The zero-order valence-electron chi connectivity index (χ0n) is 9.86. The molecule has 0 aliphatic heterocycles. The zero-order valence-corrected chi connectivity index (χ0v) is 9.86. The first-order valence-electron chi connectivity index (χ1n) is 5.17. The third-order valence-corrected chi connectivity index (χ3v) is 3.52. The molecule has 0 amide bonds. The second kappa shape index (κ2) is 4.14. The normalized spacial score (nSPS) is 10.7. The van der Waals surface area contributed by atoms with E-state index in [2.05, 4.69) is 34.6 Å². The van der Waals surface area contributed by atoms with E-state index < -0.39 is 0 Å². The van der Waals surface area contributed by atoms with Crippen molar-refractivity contribution >= 4 is 0 Å². The van der Waals surface area contributed by atoms with Crippen LogP contribution in [0, 0.1) is 34.6 Å². The second-order valence-corrected chi connectivity index (χ2v) is 4.08. The summed E-state index contributed by atoms with van der Waals surface area (Å²) in [6, 6.07) is 0. The van der Waals surface area contributed by atoms with Crippen molar-refractivity contribution in [3.63, 3.8) is 0 Å². The highest BCUT2D eigenvalue weighted by Crippen LogP contribution is 2.26. The van der Waals surface area contributed by atoms with Gasteiger partial charge in [-0.05, 0) is 74.4 Å². The summed E-state index contributed by atoms with van der Waals surface area (Å²) in [5, 5.41) is 9.02. The number of rotatable bonds is 2. The first-order chi connectivity index (χ1) is 6.50. The minimum Gasteiger partial charge on any atom is -0.396 e. The van der Waals surface area contributed by atoms with E-state index in [0.717, 1.165) is 6.42 Å². The largest absolute Gasteiger partial charge is 0.396 e. The van der Waals surface area contributed by atoms with Crippen molar-refractivity contribution in [1.82, 2.24) is 0 Å². The summed E-state index contributed by atoms with van der Waals surface area (Å²) in [6.07, 6.45) is 0.777. The van der Waals surface area contributed by atoms with Gasteiger partial charge in [-0.15, -0.1) is 0 Å². The Bertz CT molecular complexity index is 322. The van der Waals surface area contributed by atoms with Gasteiger partial charge in [0.2, 0.25) is 0 Å². The van der Waals surface area contributed by atoms with Crippen LogP contribution in [-0.4, -0.2) is 11.7 Å². The van der Waals surface area contributed by atoms with Crippen LogP contribution in [0.15, 0.2) is 0 Å². The zero-order chi connectivity index (χ0) is 10.9. The van der Waals surface area contributed by atoms with Crippen molar-refractivity contribution in [1.29, 1.82) is 0 Å². The third-order valence-electron chi connectivity index (χ3n) is 3.52. The van der Waals surface area contributed by atoms with Crippen LogP contribution in [0.2, 0.25) is 0 Å². The SMILES string of the molecule is Cc1c(C)c(C)c(CCO)c(C)c1C. The van der Waals surface area contributed by atoms with Gasteiger partial charge in [0.05, 0.1) is 0 Å². The predicted molar refractivity (Wildman–Crippen MR) is 60.9 cm³/mol. The highest BCUT2D eigenvalue weighted by atomic mass is 16.2. The lowest BCUT2D eigenvalue weighted by Gasteiger charge is -2.17. The predicted octanol–water partition coefficient (Wildman–Crippen LogP) is 2.76. The molecule has 1 aromatic carbocycles. The number of benzene rings is 1. The standard InChI is InChI=1S/C13H20O/c1-8-9(2)11(4)13(6-7-14)12(5)10(8)3/h14H,6-7H2,1-5H3. The Morgan fingerprint density at radius 3 is 1.43 bits per heavy atom. The fourth-order valence-electron chi connectivity index (χ4n) is 2.06. The molecule has 0 saturated carbocycles. The molecule has 1 nitrogen and oxygen atoms in total. The van der Waals surface area contributed by atoms with Gasteiger partial charge in [0.25, 0.3) is 0 Å². The van der Waals surface area contributed by atoms with Gasteiger partial charge in [0.1, 0.15) is 0 Å². The van der Waals surface area contributed by atoms with Gasteiger partial charge in [0, 0.05) is 6.61 Å². The first kappa shape index (κ1) is 11.3. The summed E-state index contributed by atoms with van der Waals surface area (Å²) < 4.78 is 0. The molecule has 0 bridgehead atoms. The lowest BCUT2D eigenvalue weighted by Crippen LogP contribution is -2.04. The first-order valence-corrected chi connectivity index (χ1v) is 5.17. The maximum atomic E-state index is 9.02. The minimum atomic E-state index is 0.240. The van der Waals surface area contributed by atoms with Crippen LogP contribution in [0.4, 0.5) is 0 Å². The molecule has 1 N–H and O–H groups in total. The van der Waals surface area contributed by atoms with Crippen LogP contribution >= 0.6 is 0 Å². The van der Waals surface area contributed by atoms with Crippen molar-refractivity contribution in [3.8, 4) is 0 Å². The molecule has 0 aliphatic carbocycles. The summed E-state index contributed by atoms with van der Waals surface area (Å²) >= 11 is 0. The molecule has 0 fully saturated rings. The molecule has 1 rings (SSSR count). The summed E-state index contributed by atoms with van der Waals surface area (Å²) in [5.74, 6) is 0. The van der Waals surface area contributed by atoms with E-state index >= 15 is 0 Å². The van der Waals surface area contributed by atoms with E-state index in [1.54, 1.807) is 0 Å². The van der Waals surface area contributed by atoms with Gasteiger partial charge in [-0.2, -0.15) is 0 Å². The lowest BCUT2D eigenvalue weighted by molar-refractivity contribution is 0.299. The molecule has 14 heavy (non-hydrogen) atoms. The Kier molecular flexibility index (Phi) is 3.33. The summed E-state index contributed by atoms with van der Waals surface area (Å²) in [7, 11) is 0. The number of aliphatic hydroxyl groups excluding tert-OH is 1. The summed E-state index contributed by atoms with van der Waals surface area (Å²) in [4.78, 5) is 0. The monoisotopic (exact) mass is 192 g/mol. The van der Waals surface area contributed by atoms with Gasteiger partial charge in [-0.25, -0.2) is 0 Å². The second-order valence-electron chi connectivity index (χ2n) is 4.08. The molecular weight excluding hydrogens is 172 g/mol. The van der Waals surface area contributed by atoms with E-state index in [4.69, 9.17) is 5.11 Å². The van der Waals surface area contributed by atoms with Crippen molar-refractivity contribution in [2.75, 3.05) is 6.61 Å². The summed E-state index contributed by atoms with van der Waals surface area (Å²) in [6.45, 7) is 11.0. The fraction of sp³-hybridized carbons (Fsp3) is 0.538. The fourth-order valence-corrected chi connectivity index (χ4v) is 2.06. The Hall–Kier alpha value is -0.820. The van der Waals surface area contributed by atoms with Crippen LogP contribution < -0.4 is 0 Å². The quantitative estimate of drug-likeness (QED) is 0.764. The average Bonchev–Trinajstić information content (AvgIpc) is 2.19. The Balaban J connectivity index is 3.43. The molecular formula is C13H20O. The smallest absolute Gasteiger partial charge is 0.0471 e. The minimum absolute atomic E-state index is 0.240. The molecule has 0 atom stereocenters. The van der Waals surface area contributed by atoms with E-state index in [1.807, 2.05) is 0 Å². The topological polar surface area (TPSA) is 20.2 Å². The van der Waals surface area contributed by atoms with Crippen LogP contribution in [0.25, 0.3) is 0 Å². The molecule has 0 heterocycles.